The van der Waals surface area contributed by atoms with E-state index in [4.69, 9.17) is 15.5 Å². The second-order valence-electron chi connectivity index (χ2n) is 12.1. The van der Waals surface area contributed by atoms with Gasteiger partial charge in [0.1, 0.15) is 6.61 Å². The number of piperidine rings is 1. The molecule has 2 aliphatic rings. The molecule has 244 valence electrons. The van der Waals surface area contributed by atoms with E-state index in [0.29, 0.717) is 48.5 Å². The summed E-state index contributed by atoms with van der Waals surface area (Å²) in [7, 11) is 1.78. The Labute approximate surface area is 272 Å². The Hall–Kier alpha value is -5.27. The fourth-order valence-electron chi connectivity index (χ4n) is 5.92. The van der Waals surface area contributed by atoms with Gasteiger partial charge in [0.2, 0.25) is 5.91 Å². The van der Waals surface area contributed by atoms with Crippen LogP contribution in [0.3, 0.4) is 0 Å². The monoisotopic (exact) mass is 638 g/mol. The molecule has 0 aliphatic carbocycles. The number of pyridine rings is 2. The van der Waals surface area contributed by atoms with Gasteiger partial charge < -0.3 is 35.6 Å². The Morgan fingerprint density at radius 2 is 1.83 bits per heavy atom. The number of amides is 3. The van der Waals surface area contributed by atoms with Gasteiger partial charge >= 0.3 is 6.09 Å². The van der Waals surface area contributed by atoms with Crippen molar-refractivity contribution in [3.05, 3.63) is 84.3 Å². The van der Waals surface area contributed by atoms with E-state index in [9.17, 15) is 19.5 Å². The number of aromatic nitrogens is 2. The van der Waals surface area contributed by atoms with Crippen molar-refractivity contribution in [3.8, 4) is 0 Å². The molecule has 4 aromatic rings. The third-order valence-electron chi connectivity index (χ3n) is 8.64. The van der Waals surface area contributed by atoms with E-state index in [-0.39, 0.29) is 36.4 Å². The molecule has 47 heavy (non-hydrogen) atoms. The number of benzene rings is 2. The van der Waals surface area contributed by atoms with Crippen LogP contribution in [0.5, 0.6) is 0 Å². The van der Waals surface area contributed by atoms with Crippen LogP contribution in [0, 0.1) is 5.92 Å². The number of carbonyl (C=O) groups is 3. The first-order valence-corrected chi connectivity index (χ1v) is 15.5. The number of carbonyl (C=O) groups excluding carboxylic acids is 3. The molecule has 2 aromatic carbocycles. The fourth-order valence-corrected chi connectivity index (χ4v) is 5.92. The normalized spacial score (nSPS) is 19.9. The number of likely N-dealkylation sites (N-methyl/N-ethyl adjacent to an activating group) is 1. The molecule has 13 nitrogen and oxygen atoms in total. The molecule has 0 bridgehead atoms. The van der Waals surface area contributed by atoms with Crippen molar-refractivity contribution in [1.29, 1.82) is 0 Å². The quantitative estimate of drug-likeness (QED) is 0.236. The summed E-state index contributed by atoms with van der Waals surface area (Å²) in [5.41, 5.74) is 9.60. The summed E-state index contributed by atoms with van der Waals surface area (Å²) in [6.07, 6.45) is 1.80. The van der Waals surface area contributed by atoms with Gasteiger partial charge in [0.05, 0.1) is 41.4 Å². The predicted molar refractivity (Wildman–Crippen MR) is 179 cm³/mol. The molecule has 3 atom stereocenters. The summed E-state index contributed by atoms with van der Waals surface area (Å²) in [6, 6.07) is 17.8. The Balaban J connectivity index is 1.31. The highest BCUT2D eigenvalue weighted by atomic mass is 16.5. The number of aliphatic hydroxyl groups is 1. The van der Waals surface area contributed by atoms with Gasteiger partial charge in [-0.05, 0) is 29.8 Å². The average molecular weight is 639 g/mol. The zero-order valence-electron chi connectivity index (χ0n) is 26.3. The summed E-state index contributed by atoms with van der Waals surface area (Å²) in [6.45, 7) is 4.40. The molecule has 2 saturated heterocycles. The molecule has 13 heteroatoms. The average Bonchev–Trinajstić information content (AvgIpc) is 3.07. The van der Waals surface area contributed by atoms with Crippen LogP contribution < -0.4 is 26.2 Å². The first-order chi connectivity index (χ1) is 22.7. The third-order valence-corrected chi connectivity index (χ3v) is 8.64. The van der Waals surface area contributed by atoms with Gasteiger partial charge in [0, 0.05) is 62.5 Å². The summed E-state index contributed by atoms with van der Waals surface area (Å²) in [5, 5.41) is 16.7. The number of rotatable bonds is 7. The van der Waals surface area contributed by atoms with Crippen LogP contribution in [0.2, 0.25) is 0 Å². The third kappa shape index (κ3) is 7.11. The molecule has 4 heterocycles. The lowest BCUT2D eigenvalue weighted by atomic mass is 9.92. The van der Waals surface area contributed by atoms with Crippen LogP contribution >= 0.6 is 0 Å². The van der Waals surface area contributed by atoms with Gasteiger partial charge in [-0.3, -0.25) is 19.9 Å². The van der Waals surface area contributed by atoms with E-state index in [2.05, 4.69) is 15.6 Å². The van der Waals surface area contributed by atoms with Crippen molar-refractivity contribution in [3.63, 3.8) is 0 Å². The van der Waals surface area contributed by atoms with Crippen molar-refractivity contribution in [1.82, 2.24) is 14.9 Å². The number of piperazine rings is 1. The highest BCUT2D eigenvalue weighted by molar-refractivity contribution is 6.11. The SMILES string of the molecule is C[C@H]1CN(c2ccncc2NC(=O)c2nc3cc(N4CCN(C)C(=O)C4)ccc3cc2NC(=O)OCc2ccccc2)C[C@@H](N)C1O. The van der Waals surface area contributed by atoms with Crippen LogP contribution in [0.15, 0.2) is 73.1 Å². The molecule has 6 rings (SSSR count). The van der Waals surface area contributed by atoms with Crippen molar-refractivity contribution >= 4 is 51.6 Å². The van der Waals surface area contributed by atoms with E-state index in [0.717, 1.165) is 11.3 Å². The molecular formula is C34H38N8O5. The van der Waals surface area contributed by atoms with E-state index in [1.165, 1.54) is 0 Å². The lowest BCUT2D eigenvalue weighted by Crippen LogP contribution is -2.55. The fraction of sp³-hybridized carbons (Fsp3) is 0.324. The van der Waals surface area contributed by atoms with E-state index >= 15 is 0 Å². The maximum Gasteiger partial charge on any atom is 0.412 e. The molecule has 0 saturated carbocycles. The second kappa shape index (κ2) is 13.6. The summed E-state index contributed by atoms with van der Waals surface area (Å²) >= 11 is 0. The Bertz CT molecular complexity index is 1780. The van der Waals surface area contributed by atoms with Gasteiger partial charge in [0.25, 0.3) is 5.91 Å². The molecular weight excluding hydrogens is 600 g/mol. The topological polar surface area (TPSA) is 166 Å². The highest BCUT2D eigenvalue weighted by Gasteiger charge is 2.32. The minimum Gasteiger partial charge on any atom is -0.444 e. The van der Waals surface area contributed by atoms with Gasteiger partial charge in [-0.15, -0.1) is 0 Å². The maximum absolute atomic E-state index is 14.0. The summed E-state index contributed by atoms with van der Waals surface area (Å²) in [4.78, 5) is 53.9. The molecule has 0 spiro atoms. The van der Waals surface area contributed by atoms with E-state index in [1.807, 2.05) is 65.3 Å². The number of anilines is 4. The maximum atomic E-state index is 14.0. The van der Waals surface area contributed by atoms with Crippen molar-refractivity contribution in [2.45, 2.75) is 25.7 Å². The van der Waals surface area contributed by atoms with Crippen molar-refractivity contribution in [2.75, 3.05) is 60.2 Å². The summed E-state index contributed by atoms with van der Waals surface area (Å²) < 4.78 is 5.44. The van der Waals surface area contributed by atoms with Gasteiger partial charge in [-0.25, -0.2) is 9.78 Å². The lowest BCUT2D eigenvalue weighted by Gasteiger charge is -2.40. The van der Waals surface area contributed by atoms with Crippen molar-refractivity contribution in [2.24, 2.45) is 11.7 Å². The van der Waals surface area contributed by atoms with Crippen LogP contribution in [0.25, 0.3) is 10.9 Å². The standard InChI is InChI=1S/C34H38N8O5/c1-21-17-42(18-25(35)32(21)44)29-10-11-36-16-28(29)38-33(45)31-27(39-34(46)47-20-22-6-4-3-5-7-22)14-23-8-9-24(15-26(23)37-31)41-13-12-40(2)30(43)19-41/h3-11,14-16,21,25,32,44H,12-13,17-20,35H2,1-2H3,(H,38,45)(H,39,46)/t21-,25+,32?/m0/s1. The van der Waals surface area contributed by atoms with Crippen LogP contribution in [0.4, 0.5) is 27.5 Å². The van der Waals surface area contributed by atoms with Crippen LogP contribution in [0.1, 0.15) is 23.0 Å². The Morgan fingerprint density at radius 3 is 2.60 bits per heavy atom. The number of hydrogen-bond acceptors (Lipinski definition) is 10. The minimum atomic E-state index is -0.742. The number of ether oxygens (including phenoxy) is 1. The summed E-state index contributed by atoms with van der Waals surface area (Å²) in [5.74, 6) is -0.641. The smallest absolute Gasteiger partial charge is 0.412 e. The Morgan fingerprint density at radius 1 is 1.02 bits per heavy atom. The number of fused-ring (bicyclic) bond motifs is 1. The second-order valence-corrected chi connectivity index (χ2v) is 12.1. The largest absolute Gasteiger partial charge is 0.444 e. The van der Waals surface area contributed by atoms with Crippen LogP contribution in [-0.4, -0.2) is 89.8 Å². The first-order valence-electron chi connectivity index (χ1n) is 15.5. The molecule has 1 unspecified atom stereocenters. The van der Waals surface area contributed by atoms with Crippen LogP contribution in [-0.2, 0) is 16.1 Å². The molecule has 2 aliphatic heterocycles. The van der Waals surface area contributed by atoms with Gasteiger partial charge in [0.15, 0.2) is 5.69 Å². The number of nitrogens with two attached hydrogens (primary N) is 1. The predicted octanol–water partition coefficient (Wildman–Crippen LogP) is 3.05. The highest BCUT2D eigenvalue weighted by Crippen LogP contribution is 2.31. The van der Waals surface area contributed by atoms with Gasteiger partial charge in [-0.2, -0.15) is 0 Å². The molecule has 2 aromatic heterocycles. The molecule has 3 amide bonds. The zero-order chi connectivity index (χ0) is 33.1. The number of nitrogens with zero attached hydrogens (tertiary/aromatic N) is 5. The zero-order valence-corrected chi connectivity index (χ0v) is 26.3. The molecule has 0 radical (unpaired) electrons. The minimum absolute atomic E-state index is 0.0174. The Kier molecular flexibility index (Phi) is 9.18. The van der Waals surface area contributed by atoms with Crippen molar-refractivity contribution < 1.29 is 24.2 Å². The number of aliphatic hydroxyl groups excluding tert-OH is 1. The van der Waals surface area contributed by atoms with E-state index < -0.39 is 24.1 Å². The van der Waals surface area contributed by atoms with E-state index in [1.54, 1.807) is 36.5 Å². The molecule has 5 N–H and O–H groups in total. The first kappa shape index (κ1) is 31.7. The lowest BCUT2D eigenvalue weighted by molar-refractivity contribution is -0.129. The molecule has 2 fully saturated rings. The number of nitrogens with one attached hydrogen (secondary N) is 2. The van der Waals surface area contributed by atoms with Gasteiger partial charge in [-0.1, -0.05) is 43.3 Å². The number of hydrogen-bond donors (Lipinski definition) is 4.